The second kappa shape index (κ2) is 5.06. The lowest BCUT2D eigenvalue weighted by molar-refractivity contribution is 0.396. The molecule has 0 bridgehead atoms. The quantitative estimate of drug-likeness (QED) is 0.731. The number of imidazole rings is 1. The van der Waals surface area contributed by atoms with Gasteiger partial charge in [0.1, 0.15) is 5.65 Å². The lowest BCUT2D eigenvalue weighted by atomic mass is 10.1. The van der Waals surface area contributed by atoms with Gasteiger partial charge in [0, 0.05) is 30.7 Å². The summed E-state index contributed by atoms with van der Waals surface area (Å²) in [6.45, 7) is 2.94. The maximum absolute atomic E-state index is 4.84. The van der Waals surface area contributed by atoms with Crippen LogP contribution in [0.4, 0.5) is 0 Å². The molecule has 0 aliphatic rings. The fourth-order valence-electron chi connectivity index (χ4n) is 2.44. The highest BCUT2D eigenvalue weighted by atomic mass is 15.1. The zero-order valence-electron chi connectivity index (χ0n) is 12.0. The van der Waals surface area contributed by atoms with Crippen molar-refractivity contribution in [2.45, 2.75) is 13.5 Å². The molecule has 0 N–H and O–H groups in total. The largest absolute Gasteiger partial charge is 0.304 e. The van der Waals surface area contributed by atoms with E-state index in [-0.39, 0.29) is 0 Å². The first kappa shape index (κ1) is 12.8. The van der Waals surface area contributed by atoms with Crippen molar-refractivity contribution in [3.8, 4) is 11.3 Å². The molecule has 0 saturated carbocycles. The maximum Gasteiger partial charge on any atom is 0.140 e. The molecular formula is C16H18N4. The molecule has 3 rings (SSSR count). The molecular weight excluding hydrogens is 248 g/mol. The molecule has 3 aromatic heterocycles. The molecule has 0 amide bonds. The van der Waals surface area contributed by atoms with Crippen LogP contribution in [0.25, 0.3) is 16.9 Å². The molecule has 0 aliphatic carbocycles. The van der Waals surface area contributed by atoms with Gasteiger partial charge in [-0.1, -0.05) is 6.07 Å². The van der Waals surface area contributed by atoms with Crippen molar-refractivity contribution in [3.05, 3.63) is 54.1 Å². The summed E-state index contributed by atoms with van der Waals surface area (Å²) in [7, 11) is 4.15. The van der Waals surface area contributed by atoms with Gasteiger partial charge in [0.25, 0.3) is 0 Å². The summed E-state index contributed by atoms with van der Waals surface area (Å²) in [5.41, 5.74) is 5.57. The second-order valence-electron chi connectivity index (χ2n) is 5.27. The van der Waals surface area contributed by atoms with Gasteiger partial charge in [0.15, 0.2) is 0 Å². The van der Waals surface area contributed by atoms with Crippen molar-refractivity contribution >= 4 is 5.65 Å². The van der Waals surface area contributed by atoms with Crippen molar-refractivity contribution in [2.75, 3.05) is 14.1 Å². The van der Waals surface area contributed by atoms with E-state index >= 15 is 0 Å². The molecule has 0 saturated heterocycles. The van der Waals surface area contributed by atoms with Crippen LogP contribution < -0.4 is 0 Å². The van der Waals surface area contributed by atoms with E-state index in [4.69, 9.17) is 4.98 Å². The highest BCUT2D eigenvalue weighted by Gasteiger charge is 2.15. The Balaban J connectivity index is 2.27. The Bertz CT molecular complexity index is 729. The molecule has 0 aliphatic heterocycles. The zero-order valence-corrected chi connectivity index (χ0v) is 12.0. The average Bonchev–Trinajstić information content (AvgIpc) is 2.80. The first-order chi connectivity index (χ1) is 9.66. The fraction of sp³-hybridized carbons (Fsp3) is 0.250. The molecule has 20 heavy (non-hydrogen) atoms. The molecule has 0 spiro atoms. The summed E-state index contributed by atoms with van der Waals surface area (Å²) < 4.78 is 2.19. The lowest BCUT2D eigenvalue weighted by Crippen LogP contribution is -2.13. The maximum atomic E-state index is 4.84. The second-order valence-corrected chi connectivity index (χ2v) is 5.27. The van der Waals surface area contributed by atoms with Crippen LogP contribution in [0, 0.1) is 6.92 Å². The minimum absolute atomic E-state index is 0.849. The molecule has 4 nitrogen and oxygen atoms in total. The summed E-state index contributed by atoms with van der Waals surface area (Å²) in [6.07, 6.45) is 5.70. The van der Waals surface area contributed by atoms with Crippen LogP contribution in [0.3, 0.4) is 0 Å². The number of aryl methyl sites for hydroxylation is 1. The number of fused-ring (bicyclic) bond motifs is 1. The van der Waals surface area contributed by atoms with Crippen molar-refractivity contribution in [3.63, 3.8) is 0 Å². The molecule has 0 radical (unpaired) electrons. The minimum atomic E-state index is 0.849. The van der Waals surface area contributed by atoms with Crippen LogP contribution in [0.2, 0.25) is 0 Å². The first-order valence-corrected chi connectivity index (χ1v) is 6.68. The molecule has 0 fully saturated rings. The number of rotatable bonds is 3. The van der Waals surface area contributed by atoms with Gasteiger partial charge in [-0.25, -0.2) is 4.98 Å². The Morgan fingerprint density at radius 2 is 1.90 bits per heavy atom. The van der Waals surface area contributed by atoms with Crippen LogP contribution in [-0.2, 0) is 6.54 Å². The minimum Gasteiger partial charge on any atom is -0.304 e. The molecule has 3 aromatic rings. The Hall–Kier alpha value is -2.20. The van der Waals surface area contributed by atoms with Crippen molar-refractivity contribution in [2.24, 2.45) is 0 Å². The van der Waals surface area contributed by atoms with E-state index < -0.39 is 0 Å². The molecule has 102 valence electrons. The fourth-order valence-corrected chi connectivity index (χ4v) is 2.44. The van der Waals surface area contributed by atoms with Gasteiger partial charge in [0.05, 0.1) is 11.4 Å². The summed E-state index contributed by atoms with van der Waals surface area (Å²) in [5.74, 6) is 0. The molecule has 4 heteroatoms. The third kappa shape index (κ3) is 2.18. The Morgan fingerprint density at radius 1 is 1.15 bits per heavy atom. The zero-order chi connectivity index (χ0) is 14.1. The third-order valence-corrected chi connectivity index (χ3v) is 3.36. The number of pyridine rings is 2. The Morgan fingerprint density at radius 3 is 2.60 bits per heavy atom. The van der Waals surface area contributed by atoms with Crippen molar-refractivity contribution in [1.29, 1.82) is 0 Å². The summed E-state index contributed by atoms with van der Waals surface area (Å²) in [4.78, 5) is 11.1. The van der Waals surface area contributed by atoms with Crippen LogP contribution in [-0.4, -0.2) is 33.4 Å². The van der Waals surface area contributed by atoms with Gasteiger partial charge in [-0.05, 0) is 44.8 Å². The van der Waals surface area contributed by atoms with Crippen LogP contribution in [0.5, 0.6) is 0 Å². The van der Waals surface area contributed by atoms with Gasteiger partial charge in [-0.15, -0.1) is 0 Å². The van der Waals surface area contributed by atoms with E-state index in [9.17, 15) is 0 Å². The number of nitrogens with zero attached hydrogens (tertiary/aromatic N) is 4. The van der Waals surface area contributed by atoms with E-state index in [0.29, 0.717) is 0 Å². The number of hydrogen-bond donors (Lipinski definition) is 0. The predicted molar refractivity (Wildman–Crippen MR) is 80.6 cm³/mol. The lowest BCUT2D eigenvalue weighted by Gasteiger charge is -2.11. The SMILES string of the molecule is Cc1cccn2c(CN(C)C)c(-c3ccncc3)nc12. The van der Waals surface area contributed by atoms with E-state index in [1.165, 1.54) is 11.3 Å². The van der Waals surface area contributed by atoms with Crippen LogP contribution in [0.1, 0.15) is 11.3 Å². The van der Waals surface area contributed by atoms with E-state index in [1.807, 2.05) is 24.5 Å². The van der Waals surface area contributed by atoms with Crippen molar-refractivity contribution in [1.82, 2.24) is 19.3 Å². The predicted octanol–water partition coefficient (Wildman–Crippen LogP) is 2.77. The number of hydrogen-bond acceptors (Lipinski definition) is 3. The van der Waals surface area contributed by atoms with E-state index in [1.54, 1.807) is 0 Å². The first-order valence-electron chi connectivity index (χ1n) is 6.68. The van der Waals surface area contributed by atoms with Gasteiger partial charge < -0.3 is 9.30 Å². The van der Waals surface area contributed by atoms with Crippen LogP contribution >= 0.6 is 0 Å². The molecule has 0 unspecified atom stereocenters. The van der Waals surface area contributed by atoms with Gasteiger partial charge in [0.2, 0.25) is 0 Å². The number of aromatic nitrogens is 3. The highest BCUT2D eigenvalue weighted by molar-refractivity contribution is 5.67. The van der Waals surface area contributed by atoms with Gasteiger partial charge >= 0.3 is 0 Å². The third-order valence-electron chi connectivity index (χ3n) is 3.36. The average molecular weight is 266 g/mol. The van der Waals surface area contributed by atoms with E-state index in [0.717, 1.165) is 23.4 Å². The standard InChI is InChI=1S/C16H18N4/c1-12-5-4-10-20-14(11-19(2)3)15(18-16(12)20)13-6-8-17-9-7-13/h4-10H,11H2,1-3H3. The molecule has 0 aromatic carbocycles. The molecule has 3 heterocycles. The highest BCUT2D eigenvalue weighted by Crippen LogP contribution is 2.26. The summed E-state index contributed by atoms with van der Waals surface area (Å²) in [5, 5.41) is 0. The van der Waals surface area contributed by atoms with Crippen LogP contribution in [0.15, 0.2) is 42.9 Å². The molecule has 0 atom stereocenters. The monoisotopic (exact) mass is 266 g/mol. The Labute approximate surface area is 118 Å². The topological polar surface area (TPSA) is 33.4 Å². The normalized spacial score (nSPS) is 11.4. The summed E-state index contributed by atoms with van der Waals surface area (Å²) >= 11 is 0. The van der Waals surface area contributed by atoms with Gasteiger partial charge in [-0.3, -0.25) is 4.98 Å². The summed E-state index contributed by atoms with van der Waals surface area (Å²) in [6, 6.07) is 8.18. The van der Waals surface area contributed by atoms with Gasteiger partial charge in [-0.2, -0.15) is 0 Å². The van der Waals surface area contributed by atoms with E-state index in [2.05, 4.69) is 53.6 Å². The van der Waals surface area contributed by atoms with Crippen molar-refractivity contribution < 1.29 is 0 Å². The smallest absolute Gasteiger partial charge is 0.140 e. The Kier molecular flexibility index (Phi) is 3.24.